The van der Waals surface area contributed by atoms with Gasteiger partial charge in [0.25, 0.3) is 0 Å². The summed E-state index contributed by atoms with van der Waals surface area (Å²) in [6.45, 7) is 3.19. The van der Waals surface area contributed by atoms with Crippen LogP contribution in [0.5, 0.6) is 5.75 Å². The number of aromatic nitrogens is 1. The number of ether oxygens (including phenoxy) is 1. The molecule has 0 atom stereocenters. The Hall–Kier alpha value is -2.40. The number of esters is 1. The van der Waals surface area contributed by atoms with Gasteiger partial charge in [-0.05, 0) is 62.8 Å². The Bertz CT molecular complexity index is 752. The van der Waals surface area contributed by atoms with Crippen LogP contribution in [-0.4, -0.2) is 42.5 Å². The van der Waals surface area contributed by atoms with E-state index in [1.54, 1.807) is 18.3 Å². The average Bonchev–Trinajstić information content (AvgIpc) is 2.96. The smallest absolute Gasteiger partial charge is 0.343 e. The molecule has 0 bridgehead atoms. The number of hydrogen-bond acceptors (Lipinski definition) is 5. The van der Waals surface area contributed by atoms with Gasteiger partial charge in [-0.15, -0.1) is 0 Å². The number of piperidine rings is 1. The lowest BCUT2D eigenvalue weighted by molar-refractivity contribution is 0.0734. The standard InChI is InChI=1S/C19H21N3O2/c1-22-9-6-19(7-10-22)13-21-17-11-14(4-5-16(17)19)18(23)24-15-3-2-8-20-12-15/h2-5,8,11-12,21H,6-7,9-10,13H2,1H3. The molecule has 0 aliphatic carbocycles. The van der Waals surface area contributed by atoms with Crippen molar-refractivity contribution in [2.75, 3.05) is 32.0 Å². The summed E-state index contributed by atoms with van der Waals surface area (Å²) in [5.74, 6) is 0.111. The molecule has 0 amide bonds. The maximum Gasteiger partial charge on any atom is 0.343 e. The lowest BCUT2D eigenvalue weighted by Gasteiger charge is -2.37. The largest absolute Gasteiger partial charge is 0.421 e. The third kappa shape index (κ3) is 2.65. The lowest BCUT2D eigenvalue weighted by atomic mass is 9.74. The molecule has 0 radical (unpaired) electrons. The zero-order chi connectivity index (χ0) is 16.6. The first-order valence-corrected chi connectivity index (χ1v) is 8.35. The van der Waals surface area contributed by atoms with Crippen molar-refractivity contribution in [1.82, 2.24) is 9.88 Å². The van der Waals surface area contributed by atoms with Gasteiger partial charge in [-0.3, -0.25) is 4.98 Å². The van der Waals surface area contributed by atoms with E-state index >= 15 is 0 Å². The summed E-state index contributed by atoms with van der Waals surface area (Å²) in [6.07, 6.45) is 5.50. The summed E-state index contributed by atoms with van der Waals surface area (Å²) < 4.78 is 5.38. The van der Waals surface area contributed by atoms with Gasteiger partial charge in [-0.1, -0.05) is 6.07 Å². The Labute approximate surface area is 141 Å². The number of carbonyl (C=O) groups excluding carboxylic acids is 1. The minimum atomic E-state index is -0.350. The lowest BCUT2D eigenvalue weighted by Crippen LogP contribution is -2.42. The fourth-order valence-corrected chi connectivity index (χ4v) is 3.71. The highest BCUT2D eigenvalue weighted by atomic mass is 16.5. The second-order valence-electron chi connectivity index (χ2n) is 6.78. The number of nitrogens with one attached hydrogen (secondary N) is 1. The molecular formula is C19H21N3O2. The van der Waals surface area contributed by atoms with Crippen LogP contribution in [0.15, 0.2) is 42.7 Å². The number of nitrogens with zero attached hydrogens (tertiary/aromatic N) is 2. The maximum atomic E-state index is 12.3. The van der Waals surface area contributed by atoms with Crippen LogP contribution in [0.4, 0.5) is 5.69 Å². The number of carbonyl (C=O) groups is 1. The summed E-state index contributed by atoms with van der Waals surface area (Å²) in [5, 5.41) is 3.50. The van der Waals surface area contributed by atoms with Crippen LogP contribution in [0.25, 0.3) is 0 Å². The Morgan fingerprint density at radius 2 is 2.12 bits per heavy atom. The molecule has 2 aromatic rings. The van der Waals surface area contributed by atoms with Gasteiger partial charge in [0.1, 0.15) is 5.75 Å². The quantitative estimate of drug-likeness (QED) is 0.861. The fraction of sp³-hybridized carbons (Fsp3) is 0.368. The molecule has 5 nitrogen and oxygen atoms in total. The monoisotopic (exact) mass is 323 g/mol. The van der Waals surface area contributed by atoms with E-state index < -0.39 is 0 Å². The van der Waals surface area contributed by atoms with E-state index in [4.69, 9.17) is 4.74 Å². The van der Waals surface area contributed by atoms with Gasteiger partial charge in [-0.2, -0.15) is 0 Å². The molecule has 1 aromatic heterocycles. The van der Waals surface area contributed by atoms with Gasteiger partial charge in [0.2, 0.25) is 0 Å². The molecule has 2 aliphatic rings. The molecule has 124 valence electrons. The van der Waals surface area contributed by atoms with Gasteiger partial charge in [0.15, 0.2) is 0 Å². The molecule has 1 fully saturated rings. The van der Waals surface area contributed by atoms with Crippen LogP contribution >= 0.6 is 0 Å². The van der Waals surface area contributed by atoms with Crippen molar-refractivity contribution < 1.29 is 9.53 Å². The Morgan fingerprint density at radius 1 is 1.29 bits per heavy atom. The number of benzene rings is 1. The third-order valence-corrected chi connectivity index (χ3v) is 5.23. The molecule has 3 heterocycles. The molecule has 1 aromatic carbocycles. The Kier molecular flexibility index (Phi) is 3.73. The highest BCUT2D eigenvalue weighted by molar-refractivity contribution is 5.92. The van der Waals surface area contributed by atoms with Crippen molar-refractivity contribution >= 4 is 11.7 Å². The Morgan fingerprint density at radius 3 is 2.88 bits per heavy atom. The number of anilines is 1. The van der Waals surface area contributed by atoms with E-state index in [1.165, 1.54) is 11.8 Å². The van der Waals surface area contributed by atoms with Crippen LogP contribution < -0.4 is 10.1 Å². The molecule has 1 N–H and O–H groups in total. The van der Waals surface area contributed by atoms with Crippen molar-refractivity contribution in [3.63, 3.8) is 0 Å². The summed E-state index contributed by atoms with van der Waals surface area (Å²) in [7, 11) is 2.17. The van der Waals surface area contributed by atoms with Gasteiger partial charge in [0, 0.05) is 23.8 Å². The summed E-state index contributed by atoms with van der Waals surface area (Å²) in [4.78, 5) is 18.7. The number of hydrogen-bond donors (Lipinski definition) is 1. The summed E-state index contributed by atoms with van der Waals surface area (Å²) in [5.41, 5.74) is 3.19. The van der Waals surface area contributed by atoms with Gasteiger partial charge in [0.05, 0.1) is 11.8 Å². The number of likely N-dealkylation sites (tertiary alicyclic amines) is 1. The highest BCUT2D eigenvalue weighted by Gasteiger charge is 2.40. The normalized spacial score (nSPS) is 18.9. The van der Waals surface area contributed by atoms with E-state index in [0.717, 1.165) is 38.2 Å². The third-order valence-electron chi connectivity index (χ3n) is 5.23. The fourth-order valence-electron chi connectivity index (χ4n) is 3.71. The molecule has 1 spiro atoms. The topological polar surface area (TPSA) is 54.5 Å². The predicted octanol–water partition coefficient (Wildman–Crippen LogP) is 2.69. The zero-order valence-corrected chi connectivity index (χ0v) is 13.8. The second kappa shape index (κ2) is 5.91. The van der Waals surface area contributed by atoms with Crippen molar-refractivity contribution in [2.45, 2.75) is 18.3 Å². The summed E-state index contributed by atoms with van der Waals surface area (Å²) in [6, 6.07) is 9.37. The van der Waals surface area contributed by atoms with E-state index in [9.17, 15) is 4.79 Å². The summed E-state index contributed by atoms with van der Waals surface area (Å²) >= 11 is 0. The van der Waals surface area contributed by atoms with E-state index in [0.29, 0.717) is 11.3 Å². The molecule has 4 rings (SSSR count). The van der Waals surface area contributed by atoms with E-state index in [2.05, 4.69) is 28.3 Å². The number of rotatable bonds is 2. The molecule has 24 heavy (non-hydrogen) atoms. The van der Waals surface area contributed by atoms with Crippen LogP contribution in [0.2, 0.25) is 0 Å². The molecule has 0 saturated carbocycles. The van der Waals surface area contributed by atoms with Gasteiger partial charge in [-0.25, -0.2) is 4.79 Å². The molecule has 5 heteroatoms. The van der Waals surface area contributed by atoms with Crippen molar-refractivity contribution in [1.29, 1.82) is 0 Å². The maximum absolute atomic E-state index is 12.3. The predicted molar refractivity (Wildman–Crippen MR) is 92.5 cm³/mol. The van der Waals surface area contributed by atoms with Crippen LogP contribution in [-0.2, 0) is 5.41 Å². The van der Waals surface area contributed by atoms with Crippen molar-refractivity contribution in [2.24, 2.45) is 0 Å². The molecule has 0 unspecified atom stereocenters. The molecule has 1 saturated heterocycles. The first-order valence-electron chi connectivity index (χ1n) is 8.35. The molecule has 2 aliphatic heterocycles. The van der Waals surface area contributed by atoms with Gasteiger partial charge < -0.3 is 15.0 Å². The van der Waals surface area contributed by atoms with E-state index in [1.807, 2.05) is 12.1 Å². The van der Waals surface area contributed by atoms with Gasteiger partial charge >= 0.3 is 5.97 Å². The number of fused-ring (bicyclic) bond motifs is 2. The van der Waals surface area contributed by atoms with Crippen LogP contribution in [0, 0.1) is 0 Å². The minimum absolute atomic E-state index is 0.216. The second-order valence-corrected chi connectivity index (χ2v) is 6.78. The number of pyridine rings is 1. The minimum Gasteiger partial charge on any atom is -0.421 e. The van der Waals surface area contributed by atoms with Crippen LogP contribution in [0.1, 0.15) is 28.8 Å². The highest BCUT2D eigenvalue weighted by Crippen LogP contribution is 2.44. The Balaban J connectivity index is 1.55. The zero-order valence-electron chi connectivity index (χ0n) is 13.8. The van der Waals surface area contributed by atoms with Crippen LogP contribution in [0.3, 0.4) is 0 Å². The van der Waals surface area contributed by atoms with Crippen molar-refractivity contribution in [3.05, 3.63) is 53.9 Å². The SMILES string of the molecule is CN1CCC2(CC1)CNc1cc(C(=O)Oc3cccnc3)ccc12. The van der Waals surface area contributed by atoms with Crippen molar-refractivity contribution in [3.8, 4) is 5.75 Å². The first-order chi connectivity index (χ1) is 11.7. The average molecular weight is 323 g/mol. The first kappa shape index (κ1) is 15.1. The van der Waals surface area contributed by atoms with E-state index in [-0.39, 0.29) is 11.4 Å². The molecular weight excluding hydrogens is 302 g/mol.